The number of carboxylic acids is 1. The maximum atomic E-state index is 13.7. The van der Waals surface area contributed by atoms with Crippen molar-refractivity contribution >= 4 is 33.5 Å². The number of aromatic nitrogens is 1. The maximum Gasteiger partial charge on any atom is 0.352 e. The average Bonchev–Trinajstić information content (AvgIpc) is 2.69. The minimum atomic E-state index is -1.15. The second-order valence-corrected chi connectivity index (χ2v) is 5.34. The van der Waals surface area contributed by atoms with Gasteiger partial charge in [0.05, 0.1) is 11.3 Å². The summed E-state index contributed by atoms with van der Waals surface area (Å²) in [6, 6.07) is 4.32. The summed E-state index contributed by atoms with van der Waals surface area (Å²) in [5, 5.41) is 11.5. The molecule has 110 valence electrons. The van der Waals surface area contributed by atoms with Crippen molar-refractivity contribution in [2.24, 2.45) is 0 Å². The van der Waals surface area contributed by atoms with Gasteiger partial charge in [0, 0.05) is 10.2 Å². The van der Waals surface area contributed by atoms with Gasteiger partial charge in [-0.25, -0.2) is 9.18 Å². The van der Waals surface area contributed by atoms with Crippen molar-refractivity contribution in [2.45, 2.75) is 13.8 Å². The van der Waals surface area contributed by atoms with E-state index < -0.39 is 17.7 Å². The summed E-state index contributed by atoms with van der Waals surface area (Å²) < 4.78 is 14.1. The molecule has 5 nitrogen and oxygen atoms in total. The summed E-state index contributed by atoms with van der Waals surface area (Å²) in [6.45, 7) is 3.11. The summed E-state index contributed by atoms with van der Waals surface area (Å²) in [6.07, 6.45) is 0. The number of para-hydroxylation sites is 1. The standard InChI is InChI=1S/C14H12BrFN2O3/c1-6-10(7(2)17-11(6)14(20)21)13(19)18-12-8(15)4-3-5-9(12)16/h3-5,17H,1-2H3,(H,18,19)(H,20,21). The van der Waals surface area contributed by atoms with Gasteiger partial charge >= 0.3 is 5.97 Å². The van der Waals surface area contributed by atoms with Crippen LogP contribution in [0.5, 0.6) is 0 Å². The molecule has 0 aliphatic carbocycles. The van der Waals surface area contributed by atoms with E-state index in [0.717, 1.165) is 0 Å². The summed E-state index contributed by atoms with van der Waals surface area (Å²) in [7, 11) is 0. The number of rotatable bonds is 3. The summed E-state index contributed by atoms with van der Waals surface area (Å²) in [5.41, 5.74) is 0.881. The van der Waals surface area contributed by atoms with E-state index in [9.17, 15) is 14.0 Å². The molecule has 3 N–H and O–H groups in total. The number of aromatic amines is 1. The summed E-state index contributed by atoms with van der Waals surface area (Å²) in [4.78, 5) is 26.0. The Hall–Kier alpha value is -2.15. The molecule has 0 atom stereocenters. The lowest BCUT2D eigenvalue weighted by molar-refractivity contribution is 0.0690. The van der Waals surface area contributed by atoms with Crippen LogP contribution in [0.4, 0.5) is 10.1 Å². The second kappa shape index (κ2) is 5.69. The van der Waals surface area contributed by atoms with Crippen LogP contribution in [0.1, 0.15) is 32.1 Å². The smallest absolute Gasteiger partial charge is 0.352 e. The van der Waals surface area contributed by atoms with Gasteiger partial charge in [0.15, 0.2) is 0 Å². The van der Waals surface area contributed by atoms with Gasteiger partial charge < -0.3 is 15.4 Å². The number of benzene rings is 1. The van der Waals surface area contributed by atoms with E-state index in [4.69, 9.17) is 5.11 Å². The number of carboxylic acid groups (broad SMARTS) is 1. The summed E-state index contributed by atoms with van der Waals surface area (Å²) >= 11 is 3.16. The predicted octanol–water partition coefficient (Wildman–Crippen LogP) is 3.48. The van der Waals surface area contributed by atoms with Crippen molar-refractivity contribution in [1.29, 1.82) is 0 Å². The molecule has 1 aromatic carbocycles. The third-order valence-corrected chi connectivity index (χ3v) is 3.74. The third kappa shape index (κ3) is 2.82. The molecule has 2 rings (SSSR count). The number of halogens is 2. The zero-order valence-corrected chi connectivity index (χ0v) is 12.8. The van der Waals surface area contributed by atoms with Gasteiger partial charge in [-0.05, 0) is 47.5 Å². The molecular formula is C14H12BrFN2O3. The van der Waals surface area contributed by atoms with E-state index >= 15 is 0 Å². The van der Waals surface area contributed by atoms with Gasteiger partial charge in [0.25, 0.3) is 5.91 Å². The van der Waals surface area contributed by atoms with Crippen molar-refractivity contribution in [3.8, 4) is 0 Å². The number of hydrogen-bond acceptors (Lipinski definition) is 2. The highest BCUT2D eigenvalue weighted by Gasteiger charge is 2.22. The molecule has 2 aromatic rings. The second-order valence-electron chi connectivity index (χ2n) is 4.48. The molecular weight excluding hydrogens is 343 g/mol. The highest BCUT2D eigenvalue weighted by atomic mass is 79.9. The molecule has 0 saturated carbocycles. The fraction of sp³-hybridized carbons (Fsp3) is 0.143. The number of amides is 1. The third-order valence-electron chi connectivity index (χ3n) is 3.08. The molecule has 0 saturated heterocycles. The quantitative estimate of drug-likeness (QED) is 0.788. The molecule has 0 fully saturated rings. The lowest BCUT2D eigenvalue weighted by Crippen LogP contribution is -2.15. The van der Waals surface area contributed by atoms with Crippen molar-refractivity contribution in [1.82, 2.24) is 4.98 Å². The minimum Gasteiger partial charge on any atom is -0.477 e. The van der Waals surface area contributed by atoms with Crippen LogP contribution in [-0.4, -0.2) is 22.0 Å². The molecule has 1 aromatic heterocycles. The van der Waals surface area contributed by atoms with Crippen molar-refractivity contribution < 1.29 is 19.1 Å². The van der Waals surface area contributed by atoms with Crippen molar-refractivity contribution in [2.75, 3.05) is 5.32 Å². The first-order valence-corrected chi connectivity index (χ1v) is 6.80. The zero-order valence-electron chi connectivity index (χ0n) is 11.3. The largest absolute Gasteiger partial charge is 0.477 e. The highest BCUT2D eigenvalue weighted by molar-refractivity contribution is 9.10. The Kier molecular flexibility index (Phi) is 4.13. The van der Waals surface area contributed by atoms with E-state index in [1.54, 1.807) is 13.0 Å². The van der Waals surface area contributed by atoms with Gasteiger partial charge in [0.2, 0.25) is 0 Å². The number of aromatic carboxylic acids is 1. The molecule has 1 heterocycles. The number of anilines is 1. The Bertz CT molecular complexity index is 720. The molecule has 21 heavy (non-hydrogen) atoms. The Morgan fingerprint density at radius 2 is 2.00 bits per heavy atom. The maximum absolute atomic E-state index is 13.7. The highest BCUT2D eigenvalue weighted by Crippen LogP contribution is 2.27. The Labute approximate surface area is 128 Å². The van der Waals surface area contributed by atoms with Gasteiger partial charge in [0.1, 0.15) is 11.5 Å². The van der Waals surface area contributed by atoms with Crippen molar-refractivity contribution in [3.05, 3.63) is 51.0 Å². The fourth-order valence-corrected chi connectivity index (χ4v) is 2.54. The van der Waals surface area contributed by atoms with Crippen LogP contribution >= 0.6 is 15.9 Å². The minimum absolute atomic E-state index is 0.0133. The molecule has 0 aliphatic heterocycles. The normalized spacial score (nSPS) is 10.5. The van der Waals surface area contributed by atoms with Crippen LogP contribution in [0.2, 0.25) is 0 Å². The van der Waals surface area contributed by atoms with E-state index in [1.807, 2.05) is 0 Å². The number of carbonyl (C=O) groups excluding carboxylic acids is 1. The lowest BCUT2D eigenvalue weighted by Gasteiger charge is -2.09. The van der Waals surface area contributed by atoms with E-state index in [-0.39, 0.29) is 16.9 Å². The van der Waals surface area contributed by atoms with Crippen LogP contribution in [-0.2, 0) is 0 Å². The van der Waals surface area contributed by atoms with Crippen molar-refractivity contribution in [3.63, 3.8) is 0 Å². The van der Waals surface area contributed by atoms with Crippen LogP contribution in [0.25, 0.3) is 0 Å². The summed E-state index contributed by atoms with van der Waals surface area (Å²) in [5.74, 6) is -2.30. The van der Waals surface area contributed by atoms with E-state index in [0.29, 0.717) is 15.7 Å². The molecule has 7 heteroatoms. The molecule has 0 aliphatic rings. The molecule has 0 unspecified atom stereocenters. The van der Waals surface area contributed by atoms with Gasteiger partial charge in [-0.1, -0.05) is 6.07 Å². The fourth-order valence-electron chi connectivity index (χ4n) is 2.10. The Balaban J connectivity index is 2.40. The SMILES string of the molecule is Cc1[nH]c(C(=O)O)c(C)c1C(=O)Nc1c(F)cccc1Br. The molecule has 0 spiro atoms. The van der Waals surface area contributed by atoms with Crippen LogP contribution in [0, 0.1) is 19.7 Å². The molecule has 0 radical (unpaired) electrons. The van der Waals surface area contributed by atoms with E-state index in [2.05, 4.69) is 26.2 Å². The number of nitrogens with one attached hydrogen (secondary N) is 2. The Morgan fingerprint density at radius 3 is 2.52 bits per heavy atom. The lowest BCUT2D eigenvalue weighted by atomic mass is 10.1. The number of H-pyrrole nitrogens is 1. The Morgan fingerprint density at radius 1 is 1.33 bits per heavy atom. The number of carbonyl (C=O) groups is 2. The number of aryl methyl sites for hydroxylation is 1. The predicted molar refractivity (Wildman–Crippen MR) is 79.3 cm³/mol. The average molecular weight is 355 g/mol. The topological polar surface area (TPSA) is 82.2 Å². The first-order chi connectivity index (χ1) is 9.82. The first-order valence-electron chi connectivity index (χ1n) is 6.00. The zero-order chi connectivity index (χ0) is 15.7. The van der Waals surface area contributed by atoms with Gasteiger partial charge in [-0.3, -0.25) is 4.79 Å². The monoisotopic (exact) mass is 354 g/mol. The first kappa shape index (κ1) is 15.2. The van der Waals surface area contributed by atoms with Crippen LogP contribution in [0.15, 0.2) is 22.7 Å². The van der Waals surface area contributed by atoms with Crippen LogP contribution < -0.4 is 5.32 Å². The van der Waals surface area contributed by atoms with Gasteiger partial charge in [-0.2, -0.15) is 0 Å². The molecule has 0 bridgehead atoms. The van der Waals surface area contributed by atoms with Crippen LogP contribution in [0.3, 0.4) is 0 Å². The molecule has 1 amide bonds. The van der Waals surface area contributed by atoms with Gasteiger partial charge in [-0.15, -0.1) is 0 Å². The number of hydrogen-bond donors (Lipinski definition) is 3. The van der Waals surface area contributed by atoms with E-state index in [1.165, 1.54) is 19.1 Å².